The van der Waals surface area contributed by atoms with Gasteiger partial charge in [0.25, 0.3) is 0 Å². The van der Waals surface area contributed by atoms with Crippen LogP contribution in [0, 0.1) is 7.14 Å². The van der Waals surface area contributed by atoms with Crippen LogP contribution in [0.2, 0.25) is 0 Å². The van der Waals surface area contributed by atoms with Crippen LogP contribution < -0.4 is 0 Å². The van der Waals surface area contributed by atoms with Crippen molar-refractivity contribution in [1.82, 2.24) is 19.9 Å². The second-order valence-electron chi connectivity index (χ2n) is 8.15. The molecule has 0 fully saturated rings. The number of hydrogen-bond acceptors (Lipinski definition) is 3. The minimum atomic E-state index is 0.0429. The second-order valence-corrected chi connectivity index (χ2v) is 10.6. The molecule has 4 rings (SSSR count). The summed E-state index contributed by atoms with van der Waals surface area (Å²) in [4.78, 5) is 14.7. The first-order chi connectivity index (χ1) is 16.2. The number of aromatic nitrogens is 4. The van der Waals surface area contributed by atoms with Gasteiger partial charge in [0.15, 0.2) is 0 Å². The summed E-state index contributed by atoms with van der Waals surface area (Å²) in [7, 11) is 0. The molecule has 0 aliphatic carbocycles. The van der Waals surface area contributed by atoms with Crippen molar-refractivity contribution in [2.24, 2.45) is 0 Å². The predicted molar refractivity (Wildman–Crippen MR) is 148 cm³/mol. The summed E-state index contributed by atoms with van der Waals surface area (Å²) in [5.41, 5.74) is 4.82. The van der Waals surface area contributed by atoms with E-state index in [1.54, 1.807) is 12.7 Å². The molecule has 172 valence electrons. The van der Waals surface area contributed by atoms with Gasteiger partial charge in [-0.15, -0.1) is 0 Å². The summed E-state index contributed by atoms with van der Waals surface area (Å²) >= 11 is 4.71. The molecule has 2 heterocycles. The van der Waals surface area contributed by atoms with E-state index in [9.17, 15) is 0 Å². The third-order valence-corrected chi connectivity index (χ3v) is 7.19. The second kappa shape index (κ2) is 12.7. The predicted octanol–water partition coefficient (Wildman–Crippen LogP) is 7.19. The van der Waals surface area contributed by atoms with Crippen molar-refractivity contribution in [2.45, 2.75) is 50.7 Å². The first kappa shape index (κ1) is 24.4. The molecule has 0 spiro atoms. The van der Waals surface area contributed by atoms with Crippen LogP contribution in [0.3, 0.4) is 0 Å². The van der Waals surface area contributed by atoms with Gasteiger partial charge in [-0.05, 0) is 119 Å². The van der Waals surface area contributed by atoms with E-state index in [1.165, 1.54) is 29.7 Å². The molecule has 2 unspecified atom stereocenters. The van der Waals surface area contributed by atoms with Crippen LogP contribution in [-0.4, -0.2) is 19.9 Å². The number of benzene rings is 2. The van der Waals surface area contributed by atoms with Crippen LogP contribution in [0.15, 0.2) is 73.6 Å². The Morgan fingerprint density at radius 2 is 1.09 bits per heavy atom. The highest BCUT2D eigenvalue weighted by Gasteiger charge is 2.20. The summed E-state index contributed by atoms with van der Waals surface area (Å²) in [5, 5.41) is 0. The van der Waals surface area contributed by atoms with Gasteiger partial charge in [-0.1, -0.05) is 24.3 Å². The normalized spacial score (nSPS) is 13.2. The van der Waals surface area contributed by atoms with Crippen molar-refractivity contribution in [3.05, 3.63) is 103 Å². The van der Waals surface area contributed by atoms with Gasteiger partial charge >= 0.3 is 0 Å². The van der Waals surface area contributed by atoms with E-state index in [1.807, 2.05) is 12.4 Å². The van der Waals surface area contributed by atoms with Crippen molar-refractivity contribution in [1.29, 1.82) is 0 Å². The van der Waals surface area contributed by atoms with Gasteiger partial charge in [0.2, 0.25) is 0 Å². The van der Waals surface area contributed by atoms with E-state index >= 15 is 0 Å². The molecule has 0 saturated heterocycles. The monoisotopic (exact) mass is 666 g/mol. The first-order valence-corrected chi connectivity index (χ1v) is 13.4. The van der Waals surface area contributed by atoms with E-state index in [0.29, 0.717) is 0 Å². The summed E-state index contributed by atoms with van der Waals surface area (Å²) in [6.45, 7) is 0. The van der Waals surface area contributed by atoms with Crippen LogP contribution in [0.4, 0.5) is 0 Å². The maximum atomic E-state index is 6.88. The van der Waals surface area contributed by atoms with Gasteiger partial charge in [-0.3, -0.25) is 0 Å². The molecule has 0 radical (unpaired) electrons. The molecule has 0 amide bonds. The Kier molecular flexibility index (Phi) is 9.36. The molecule has 0 aliphatic rings. The molecular weight excluding hydrogens is 638 g/mol. The minimum absolute atomic E-state index is 0.0429. The van der Waals surface area contributed by atoms with E-state index in [4.69, 9.17) is 4.74 Å². The SMILES string of the molecule is Ic1ccc(C(CCCc2cnc[nH]2)OC(CCCc2cnc[nH]2)c2ccc(I)cc2)cc1. The number of nitrogens with one attached hydrogen (secondary N) is 2. The molecule has 0 saturated carbocycles. The largest absolute Gasteiger partial charge is 0.366 e. The van der Waals surface area contributed by atoms with Gasteiger partial charge in [0.05, 0.1) is 24.9 Å². The number of halogens is 2. The Hall–Kier alpha value is -1.72. The van der Waals surface area contributed by atoms with Crippen molar-refractivity contribution in [2.75, 3.05) is 0 Å². The Labute approximate surface area is 222 Å². The zero-order valence-electron chi connectivity index (χ0n) is 18.4. The van der Waals surface area contributed by atoms with Crippen LogP contribution >= 0.6 is 45.2 Å². The van der Waals surface area contributed by atoms with Crippen LogP contribution in [0.25, 0.3) is 0 Å². The molecule has 7 heteroatoms. The van der Waals surface area contributed by atoms with Gasteiger partial charge in [0.1, 0.15) is 0 Å². The van der Waals surface area contributed by atoms with Gasteiger partial charge in [-0.25, -0.2) is 9.97 Å². The number of hydrogen-bond donors (Lipinski definition) is 2. The number of aryl methyl sites for hydroxylation is 2. The van der Waals surface area contributed by atoms with Gasteiger partial charge in [0, 0.05) is 30.9 Å². The minimum Gasteiger partial charge on any atom is -0.366 e. The quantitative estimate of drug-likeness (QED) is 0.158. The lowest BCUT2D eigenvalue weighted by Gasteiger charge is -2.26. The highest BCUT2D eigenvalue weighted by atomic mass is 127. The lowest BCUT2D eigenvalue weighted by atomic mass is 9.99. The maximum absolute atomic E-state index is 6.88. The number of imidazole rings is 2. The fourth-order valence-corrected chi connectivity index (χ4v) is 4.70. The van der Waals surface area contributed by atoms with E-state index in [-0.39, 0.29) is 12.2 Å². The van der Waals surface area contributed by atoms with Crippen LogP contribution in [-0.2, 0) is 17.6 Å². The van der Waals surface area contributed by atoms with Gasteiger partial charge < -0.3 is 14.7 Å². The number of rotatable bonds is 12. The molecular formula is C26H28I2N4O. The third kappa shape index (κ3) is 7.65. The van der Waals surface area contributed by atoms with E-state index < -0.39 is 0 Å². The average Bonchev–Trinajstić information content (AvgIpc) is 3.53. The Morgan fingerprint density at radius 3 is 1.45 bits per heavy atom. The smallest absolute Gasteiger partial charge is 0.0921 e. The molecule has 0 aliphatic heterocycles. The number of ether oxygens (including phenoxy) is 1. The topological polar surface area (TPSA) is 66.6 Å². The number of H-pyrrole nitrogens is 2. The third-order valence-electron chi connectivity index (χ3n) is 5.75. The standard InChI is InChI=1S/C26H28I2N4O/c27-21-11-7-19(8-12-21)25(5-1-3-23-15-29-17-31-23)33-26(20-9-13-22(28)14-10-20)6-2-4-24-16-30-18-32-24/h7-18,25-26H,1-6H2,(H,29,31)(H,30,32). The number of aromatic amines is 2. The molecule has 2 aromatic carbocycles. The molecule has 33 heavy (non-hydrogen) atoms. The fourth-order valence-electron chi connectivity index (χ4n) is 3.98. The first-order valence-electron chi connectivity index (χ1n) is 11.3. The zero-order valence-corrected chi connectivity index (χ0v) is 22.7. The van der Waals surface area contributed by atoms with E-state index in [0.717, 1.165) is 38.5 Å². The summed E-state index contributed by atoms with van der Waals surface area (Å²) in [6.07, 6.45) is 13.3. The Balaban J connectivity index is 1.49. The van der Waals surface area contributed by atoms with Crippen molar-refractivity contribution in [3.8, 4) is 0 Å². The summed E-state index contributed by atoms with van der Waals surface area (Å²) < 4.78 is 9.36. The van der Waals surface area contributed by atoms with Crippen LogP contribution in [0.5, 0.6) is 0 Å². The average molecular weight is 666 g/mol. The molecule has 2 N–H and O–H groups in total. The molecule has 5 nitrogen and oxygen atoms in total. The molecule has 0 bridgehead atoms. The zero-order chi connectivity index (χ0) is 22.9. The summed E-state index contributed by atoms with van der Waals surface area (Å²) in [5.74, 6) is 0. The molecule has 4 aromatic rings. The van der Waals surface area contributed by atoms with E-state index in [2.05, 4.69) is 114 Å². The van der Waals surface area contributed by atoms with Crippen LogP contribution in [0.1, 0.15) is 60.4 Å². The maximum Gasteiger partial charge on any atom is 0.0921 e. The highest BCUT2D eigenvalue weighted by molar-refractivity contribution is 14.1. The lowest BCUT2D eigenvalue weighted by molar-refractivity contribution is -0.0258. The van der Waals surface area contributed by atoms with Crippen molar-refractivity contribution >= 4 is 45.2 Å². The highest BCUT2D eigenvalue weighted by Crippen LogP contribution is 2.34. The lowest BCUT2D eigenvalue weighted by Crippen LogP contribution is -2.12. The summed E-state index contributed by atoms with van der Waals surface area (Å²) in [6, 6.07) is 17.5. The Morgan fingerprint density at radius 1 is 0.667 bits per heavy atom. The van der Waals surface area contributed by atoms with Crippen molar-refractivity contribution < 1.29 is 4.74 Å². The van der Waals surface area contributed by atoms with Crippen molar-refractivity contribution in [3.63, 3.8) is 0 Å². The number of nitrogens with zero attached hydrogens (tertiary/aromatic N) is 2. The van der Waals surface area contributed by atoms with Gasteiger partial charge in [-0.2, -0.15) is 0 Å². The molecule has 2 atom stereocenters. The fraction of sp³-hybridized carbons (Fsp3) is 0.308. The Bertz CT molecular complexity index is 977. The molecule has 2 aromatic heterocycles.